The lowest BCUT2D eigenvalue weighted by atomic mass is 9.98. The van der Waals surface area contributed by atoms with Crippen molar-refractivity contribution in [1.82, 2.24) is 9.88 Å². The molecule has 1 amide bonds. The molecule has 4 rings (SSSR count). The van der Waals surface area contributed by atoms with Crippen molar-refractivity contribution in [2.24, 2.45) is 4.99 Å². The molecule has 1 aliphatic rings. The molecule has 0 aliphatic carbocycles. The maximum absolute atomic E-state index is 12.4. The van der Waals surface area contributed by atoms with Crippen LogP contribution in [0.5, 0.6) is 5.88 Å². The number of hydrogen-bond acceptors (Lipinski definition) is 5. The number of nitrogens with zero attached hydrogens (tertiary/aromatic N) is 2. The van der Waals surface area contributed by atoms with Gasteiger partial charge in [-0.2, -0.15) is 0 Å². The summed E-state index contributed by atoms with van der Waals surface area (Å²) in [5.74, 6) is -0.0225. The number of hydrogen-bond donors (Lipinski definition) is 2. The SMILES string of the molecule is CC(=O)c1ccc2[nH]c(O)c(C(=NC3CCN(C(=O)OC(C)(C)C)CC3)c3ccccc3)c2c1. The van der Waals surface area contributed by atoms with Crippen molar-refractivity contribution in [3.63, 3.8) is 0 Å². The van der Waals surface area contributed by atoms with Gasteiger partial charge in [0.1, 0.15) is 5.60 Å². The summed E-state index contributed by atoms with van der Waals surface area (Å²) in [6, 6.07) is 15.0. The molecule has 3 aromatic rings. The molecule has 1 aliphatic heterocycles. The fourth-order valence-electron chi connectivity index (χ4n) is 4.20. The highest BCUT2D eigenvalue weighted by molar-refractivity contribution is 6.21. The third kappa shape index (κ3) is 5.14. The van der Waals surface area contributed by atoms with Crippen molar-refractivity contribution >= 4 is 28.5 Å². The van der Waals surface area contributed by atoms with E-state index in [1.54, 1.807) is 23.1 Å². The molecule has 0 bridgehead atoms. The summed E-state index contributed by atoms with van der Waals surface area (Å²) in [6.07, 6.45) is 1.08. The number of piperidine rings is 1. The molecule has 2 N–H and O–H groups in total. The minimum Gasteiger partial charge on any atom is -0.494 e. The average molecular weight is 462 g/mol. The van der Waals surface area contributed by atoms with E-state index in [-0.39, 0.29) is 23.8 Å². The summed E-state index contributed by atoms with van der Waals surface area (Å²) in [4.78, 5) is 34.2. The van der Waals surface area contributed by atoms with Gasteiger partial charge in [-0.05, 0) is 58.7 Å². The molecule has 178 valence electrons. The van der Waals surface area contributed by atoms with Crippen molar-refractivity contribution in [3.8, 4) is 5.88 Å². The number of Topliss-reactive ketones (excluding diaryl/α,β-unsaturated/α-hetero) is 1. The predicted molar refractivity (Wildman–Crippen MR) is 133 cm³/mol. The van der Waals surface area contributed by atoms with Crippen LogP contribution in [0.4, 0.5) is 4.79 Å². The van der Waals surface area contributed by atoms with Crippen LogP contribution < -0.4 is 0 Å². The molecule has 1 fully saturated rings. The summed E-state index contributed by atoms with van der Waals surface area (Å²) in [5, 5.41) is 11.6. The van der Waals surface area contributed by atoms with Crippen LogP contribution in [0.15, 0.2) is 53.5 Å². The van der Waals surface area contributed by atoms with Gasteiger partial charge in [0.2, 0.25) is 0 Å². The van der Waals surface area contributed by atoms with E-state index in [4.69, 9.17) is 9.73 Å². The second-order valence-corrected chi connectivity index (χ2v) is 9.71. The Morgan fingerprint density at radius 1 is 1.06 bits per heavy atom. The smallest absolute Gasteiger partial charge is 0.410 e. The molecule has 0 unspecified atom stereocenters. The van der Waals surface area contributed by atoms with E-state index in [1.165, 1.54) is 6.92 Å². The minimum absolute atomic E-state index is 0.0181. The first-order chi connectivity index (χ1) is 16.1. The Labute approximate surface area is 199 Å². The van der Waals surface area contributed by atoms with Crippen LogP contribution in [-0.2, 0) is 4.74 Å². The van der Waals surface area contributed by atoms with Gasteiger partial charge >= 0.3 is 6.09 Å². The van der Waals surface area contributed by atoms with E-state index in [1.807, 2.05) is 51.1 Å². The van der Waals surface area contributed by atoms with Gasteiger partial charge < -0.3 is 19.7 Å². The molecular formula is C27H31N3O4. The number of aromatic hydroxyl groups is 1. The Morgan fingerprint density at radius 3 is 2.35 bits per heavy atom. The number of benzene rings is 2. The largest absolute Gasteiger partial charge is 0.494 e. The Hall–Kier alpha value is -3.61. The van der Waals surface area contributed by atoms with E-state index >= 15 is 0 Å². The van der Waals surface area contributed by atoms with Crippen molar-refractivity contribution in [1.29, 1.82) is 0 Å². The van der Waals surface area contributed by atoms with Crippen LogP contribution >= 0.6 is 0 Å². The van der Waals surface area contributed by atoms with Gasteiger partial charge in [0.15, 0.2) is 11.7 Å². The van der Waals surface area contributed by atoms with E-state index in [2.05, 4.69) is 4.98 Å². The molecule has 34 heavy (non-hydrogen) atoms. The number of aliphatic imine (C=N–C) groups is 1. The second kappa shape index (κ2) is 9.33. The van der Waals surface area contributed by atoms with Gasteiger partial charge in [0, 0.05) is 35.1 Å². The van der Waals surface area contributed by atoms with Crippen LogP contribution in [-0.4, -0.2) is 57.3 Å². The Kier molecular flexibility index (Phi) is 6.46. The monoisotopic (exact) mass is 461 g/mol. The molecule has 0 radical (unpaired) electrons. The van der Waals surface area contributed by atoms with Crippen LogP contribution in [0.3, 0.4) is 0 Å². The Morgan fingerprint density at radius 2 is 1.74 bits per heavy atom. The number of amides is 1. The fraction of sp³-hybridized carbons (Fsp3) is 0.370. The number of ether oxygens (including phenoxy) is 1. The number of ketones is 1. The molecule has 0 spiro atoms. The molecule has 0 saturated carbocycles. The van der Waals surface area contributed by atoms with Gasteiger partial charge in [-0.1, -0.05) is 30.3 Å². The highest BCUT2D eigenvalue weighted by Crippen LogP contribution is 2.32. The number of H-pyrrole nitrogens is 1. The van der Waals surface area contributed by atoms with Gasteiger partial charge in [-0.3, -0.25) is 9.79 Å². The van der Waals surface area contributed by atoms with Crippen LogP contribution in [0, 0.1) is 0 Å². The standard InChI is InChI=1S/C27H31N3O4/c1-17(31)19-10-11-22-21(16-19)23(25(32)29-22)24(18-8-6-5-7-9-18)28-20-12-14-30(15-13-20)26(33)34-27(2,3)4/h5-11,16,20,29,32H,12-15H2,1-4H3. The van der Waals surface area contributed by atoms with Gasteiger partial charge in [-0.25, -0.2) is 4.79 Å². The third-order valence-electron chi connectivity index (χ3n) is 5.90. The Balaban J connectivity index is 1.68. The second-order valence-electron chi connectivity index (χ2n) is 9.71. The average Bonchev–Trinajstić information content (AvgIpc) is 3.12. The Bertz CT molecular complexity index is 1230. The summed E-state index contributed by atoms with van der Waals surface area (Å²) in [6.45, 7) is 8.22. The zero-order valence-corrected chi connectivity index (χ0v) is 20.1. The summed E-state index contributed by atoms with van der Waals surface area (Å²) in [5.41, 5.74) is 2.91. The summed E-state index contributed by atoms with van der Waals surface area (Å²) < 4.78 is 5.50. The van der Waals surface area contributed by atoms with Crippen LogP contribution in [0.25, 0.3) is 10.9 Å². The summed E-state index contributed by atoms with van der Waals surface area (Å²) >= 11 is 0. The number of aromatic nitrogens is 1. The highest BCUT2D eigenvalue weighted by atomic mass is 16.6. The predicted octanol–water partition coefficient (Wildman–Crippen LogP) is 5.31. The number of carbonyl (C=O) groups is 2. The molecule has 2 heterocycles. The van der Waals surface area contributed by atoms with Crippen LogP contribution in [0.1, 0.15) is 62.0 Å². The number of likely N-dealkylation sites (tertiary alicyclic amines) is 1. The first-order valence-electron chi connectivity index (χ1n) is 11.6. The highest BCUT2D eigenvalue weighted by Gasteiger charge is 2.28. The van der Waals surface area contributed by atoms with Gasteiger partial charge in [-0.15, -0.1) is 0 Å². The van der Waals surface area contributed by atoms with Gasteiger partial charge in [0.25, 0.3) is 0 Å². The number of carbonyl (C=O) groups excluding carboxylic acids is 2. The molecular weight excluding hydrogens is 430 g/mol. The number of aromatic amines is 1. The number of nitrogens with one attached hydrogen (secondary N) is 1. The van der Waals surface area contributed by atoms with E-state index in [9.17, 15) is 14.7 Å². The van der Waals surface area contributed by atoms with Crippen molar-refractivity contribution < 1.29 is 19.4 Å². The molecule has 2 aromatic carbocycles. The molecule has 1 aromatic heterocycles. The molecule has 1 saturated heterocycles. The van der Waals surface area contributed by atoms with Gasteiger partial charge in [0.05, 0.1) is 17.3 Å². The van der Waals surface area contributed by atoms with E-state index in [0.717, 1.165) is 16.5 Å². The minimum atomic E-state index is -0.530. The topological polar surface area (TPSA) is 95.0 Å². The van der Waals surface area contributed by atoms with Crippen molar-refractivity contribution in [3.05, 3.63) is 65.2 Å². The number of fused-ring (bicyclic) bond motifs is 1. The van der Waals surface area contributed by atoms with Crippen molar-refractivity contribution in [2.75, 3.05) is 13.1 Å². The zero-order valence-electron chi connectivity index (χ0n) is 20.1. The van der Waals surface area contributed by atoms with Crippen molar-refractivity contribution in [2.45, 2.75) is 52.2 Å². The van der Waals surface area contributed by atoms with Crippen LogP contribution in [0.2, 0.25) is 0 Å². The molecule has 7 nitrogen and oxygen atoms in total. The molecule has 0 atom stereocenters. The van der Waals surface area contributed by atoms with E-state index in [0.29, 0.717) is 42.8 Å². The number of rotatable bonds is 4. The lowest BCUT2D eigenvalue weighted by molar-refractivity contribution is 0.0207. The normalized spacial score (nSPS) is 15.5. The third-order valence-corrected chi connectivity index (χ3v) is 5.90. The fourth-order valence-corrected chi connectivity index (χ4v) is 4.20. The molecule has 7 heteroatoms. The van der Waals surface area contributed by atoms with E-state index < -0.39 is 5.60 Å². The lowest BCUT2D eigenvalue weighted by Gasteiger charge is -2.32. The maximum atomic E-state index is 12.4. The lowest BCUT2D eigenvalue weighted by Crippen LogP contribution is -2.42. The maximum Gasteiger partial charge on any atom is 0.410 e. The first-order valence-corrected chi connectivity index (χ1v) is 11.6. The zero-order chi connectivity index (χ0) is 24.5. The first kappa shape index (κ1) is 23.5. The quantitative estimate of drug-likeness (QED) is 0.406. The summed E-state index contributed by atoms with van der Waals surface area (Å²) in [7, 11) is 0.